The van der Waals surface area contributed by atoms with Gasteiger partial charge in [-0.3, -0.25) is 9.59 Å². The maximum Gasteiger partial charge on any atom is 0.344 e. The summed E-state index contributed by atoms with van der Waals surface area (Å²) in [6.07, 6.45) is 5.79. The topological polar surface area (TPSA) is 88.3 Å². The third-order valence-electron chi connectivity index (χ3n) is 3.83. The van der Waals surface area contributed by atoms with Crippen molar-refractivity contribution >= 4 is 11.9 Å². The lowest BCUT2D eigenvalue weighted by atomic mass is 9.86. The molecule has 0 aliphatic heterocycles. The second-order valence-electron chi connectivity index (χ2n) is 5.42. The minimum Gasteiger partial charge on any atom is -0.452 e. The van der Waals surface area contributed by atoms with E-state index in [0.29, 0.717) is 5.92 Å². The number of carbonyl (C=O) groups is 2. The molecule has 0 radical (unpaired) electrons. The number of nitrogens with one attached hydrogen (secondary N) is 2. The number of H-pyrrole nitrogens is 1. The lowest BCUT2D eigenvalue weighted by Gasteiger charge is -2.29. The first kappa shape index (κ1) is 15.3. The van der Waals surface area contributed by atoms with Crippen molar-refractivity contribution in [2.24, 2.45) is 5.92 Å². The van der Waals surface area contributed by atoms with Crippen LogP contribution in [0.5, 0.6) is 0 Å². The Morgan fingerprint density at radius 2 is 2.14 bits per heavy atom. The number of pyridine rings is 1. The summed E-state index contributed by atoms with van der Waals surface area (Å²) < 4.78 is 4.88. The summed E-state index contributed by atoms with van der Waals surface area (Å²) in [5, 5.41) is 2.89. The van der Waals surface area contributed by atoms with Crippen LogP contribution in [0, 0.1) is 5.92 Å². The van der Waals surface area contributed by atoms with Gasteiger partial charge in [-0.2, -0.15) is 0 Å². The number of ether oxygens (including phenoxy) is 1. The molecule has 2 N–H and O–H groups in total. The summed E-state index contributed by atoms with van der Waals surface area (Å²) in [4.78, 5) is 37.3. The van der Waals surface area contributed by atoms with E-state index in [9.17, 15) is 14.4 Å². The number of esters is 1. The van der Waals surface area contributed by atoms with E-state index in [0.717, 1.165) is 19.3 Å². The average molecular weight is 292 g/mol. The quantitative estimate of drug-likeness (QED) is 0.817. The Hall–Kier alpha value is -2.11. The first-order valence-corrected chi connectivity index (χ1v) is 7.22. The Kier molecular flexibility index (Phi) is 5.14. The Labute approximate surface area is 122 Å². The molecule has 21 heavy (non-hydrogen) atoms. The maximum absolute atomic E-state index is 11.8. The summed E-state index contributed by atoms with van der Waals surface area (Å²) in [6, 6.07) is 3.04. The van der Waals surface area contributed by atoms with Crippen LogP contribution < -0.4 is 10.9 Å². The van der Waals surface area contributed by atoms with Crippen LogP contribution in [0.1, 0.15) is 43.0 Å². The fourth-order valence-electron chi connectivity index (χ4n) is 2.57. The molecule has 1 amide bonds. The predicted octanol–water partition coefficient (Wildman–Crippen LogP) is 1.23. The number of carbonyl (C=O) groups excluding carboxylic acids is 2. The van der Waals surface area contributed by atoms with Crippen molar-refractivity contribution in [1.29, 1.82) is 0 Å². The molecule has 114 valence electrons. The van der Waals surface area contributed by atoms with Crippen LogP contribution in [0.15, 0.2) is 23.1 Å². The number of amides is 1. The highest BCUT2D eigenvalue weighted by atomic mass is 16.5. The molecule has 1 aromatic rings. The van der Waals surface area contributed by atoms with Gasteiger partial charge in [-0.05, 0) is 30.9 Å². The Balaban J connectivity index is 1.82. The van der Waals surface area contributed by atoms with Gasteiger partial charge in [0.05, 0.1) is 0 Å². The standard InChI is InChI=1S/C15H20N2O4/c1-10-5-2-3-7-12(10)17-13(18)9-21-15(20)11-6-4-8-16-14(11)19/h4,6,8,10,12H,2-3,5,7,9H2,1H3,(H,16,19)(H,17,18)/t10-,12-/m0/s1. The fourth-order valence-corrected chi connectivity index (χ4v) is 2.57. The molecule has 1 heterocycles. The maximum atomic E-state index is 11.8. The van der Waals surface area contributed by atoms with Gasteiger partial charge < -0.3 is 15.0 Å². The Bertz CT molecular complexity index is 567. The second kappa shape index (κ2) is 7.06. The third-order valence-corrected chi connectivity index (χ3v) is 3.83. The van der Waals surface area contributed by atoms with Crippen LogP contribution >= 0.6 is 0 Å². The molecule has 1 fully saturated rings. The molecule has 6 heteroatoms. The van der Waals surface area contributed by atoms with Gasteiger partial charge in [0.2, 0.25) is 0 Å². The van der Waals surface area contributed by atoms with Crippen LogP contribution in [0.3, 0.4) is 0 Å². The molecule has 1 saturated carbocycles. The number of aromatic nitrogens is 1. The summed E-state index contributed by atoms with van der Waals surface area (Å²) in [5.74, 6) is -0.673. The molecular formula is C15H20N2O4. The highest BCUT2D eigenvalue weighted by Crippen LogP contribution is 2.23. The molecule has 1 aromatic heterocycles. The number of aromatic amines is 1. The van der Waals surface area contributed by atoms with Gasteiger partial charge in [0.15, 0.2) is 6.61 Å². The van der Waals surface area contributed by atoms with E-state index in [2.05, 4.69) is 17.2 Å². The smallest absolute Gasteiger partial charge is 0.344 e. The first-order chi connectivity index (χ1) is 10.1. The number of hydrogen-bond acceptors (Lipinski definition) is 4. The van der Waals surface area contributed by atoms with Crippen molar-refractivity contribution in [2.45, 2.75) is 38.6 Å². The summed E-state index contributed by atoms with van der Waals surface area (Å²) in [5.41, 5.74) is -0.625. The van der Waals surface area contributed by atoms with Gasteiger partial charge in [-0.1, -0.05) is 19.8 Å². The van der Waals surface area contributed by atoms with Crippen LogP contribution in [-0.2, 0) is 9.53 Å². The van der Waals surface area contributed by atoms with Crippen molar-refractivity contribution in [1.82, 2.24) is 10.3 Å². The van der Waals surface area contributed by atoms with E-state index >= 15 is 0 Å². The largest absolute Gasteiger partial charge is 0.452 e. The Morgan fingerprint density at radius 1 is 1.38 bits per heavy atom. The van der Waals surface area contributed by atoms with Crippen molar-refractivity contribution in [3.63, 3.8) is 0 Å². The molecule has 0 spiro atoms. The van der Waals surface area contributed by atoms with E-state index in [4.69, 9.17) is 4.74 Å². The monoisotopic (exact) mass is 292 g/mol. The van der Waals surface area contributed by atoms with E-state index < -0.39 is 11.5 Å². The van der Waals surface area contributed by atoms with E-state index in [1.807, 2.05) is 0 Å². The van der Waals surface area contributed by atoms with Gasteiger partial charge in [0, 0.05) is 12.2 Å². The average Bonchev–Trinajstić information content (AvgIpc) is 2.48. The summed E-state index contributed by atoms with van der Waals surface area (Å²) in [6.45, 7) is 1.75. The highest BCUT2D eigenvalue weighted by molar-refractivity contribution is 5.90. The van der Waals surface area contributed by atoms with Gasteiger partial charge in [-0.15, -0.1) is 0 Å². The zero-order valence-corrected chi connectivity index (χ0v) is 12.1. The van der Waals surface area contributed by atoms with Crippen molar-refractivity contribution in [3.8, 4) is 0 Å². The van der Waals surface area contributed by atoms with Crippen molar-refractivity contribution in [3.05, 3.63) is 34.2 Å². The number of hydrogen-bond donors (Lipinski definition) is 2. The van der Waals surface area contributed by atoms with Gasteiger partial charge >= 0.3 is 5.97 Å². The van der Waals surface area contributed by atoms with Crippen LogP contribution in [0.2, 0.25) is 0 Å². The van der Waals surface area contributed by atoms with Crippen LogP contribution in [0.4, 0.5) is 0 Å². The number of rotatable bonds is 4. The lowest BCUT2D eigenvalue weighted by molar-refractivity contribution is -0.125. The molecule has 6 nitrogen and oxygen atoms in total. The molecule has 0 aromatic carbocycles. The molecule has 0 saturated heterocycles. The van der Waals surface area contributed by atoms with E-state index in [1.54, 1.807) is 0 Å². The molecular weight excluding hydrogens is 272 g/mol. The molecule has 0 unspecified atom stereocenters. The van der Waals surface area contributed by atoms with Crippen molar-refractivity contribution < 1.29 is 14.3 Å². The fraction of sp³-hybridized carbons (Fsp3) is 0.533. The van der Waals surface area contributed by atoms with Gasteiger partial charge in [-0.25, -0.2) is 4.79 Å². The van der Waals surface area contributed by atoms with Gasteiger partial charge in [0.25, 0.3) is 11.5 Å². The summed E-state index contributed by atoms with van der Waals surface area (Å²) in [7, 11) is 0. The van der Waals surface area contributed by atoms with Crippen molar-refractivity contribution in [2.75, 3.05) is 6.61 Å². The second-order valence-corrected chi connectivity index (χ2v) is 5.42. The molecule has 0 bridgehead atoms. The minimum atomic E-state index is -0.788. The SMILES string of the molecule is C[C@H]1CCCC[C@@H]1NC(=O)COC(=O)c1ccc[nH]c1=O. The molecule has 1 aliphatic rings. The van der Waals surface area contributed by atoms with Gasteiger partial charge in [0.1, 0.15) is 5.56 Å². The molecule has 2 atom stereocenters. The summed E-state index contributed by atoms with van der Waals surface area (Å²) >= 11 is 0. The van der Waals surface area contributed by atoms with E-state index in [-0.39, 0.29) is 24.1 Å². The third kappa shape index (κ3) is 4.18. The van der Waals surface area contributed by atoms with E-state index in [1.165, 1.54) is 24.8 Å². The zero-order chi connectivity index (χ0) is 15.2. The predicted molar refractivity (Wildman–Crippen MR) is 76.9 cm³/mol. The zero-order valence-electron chi connectivity index (χ0n) is 12.1. The first-order valence-electron chi connectivity index (χ1n) is 7.22. The molecule has 1 aliphatic carbocycles. The lowest BCUT2D eigenvalue weighted by Crippen LogP contribution is -2.43. The highest BCUT2D eigenvalue weighted by Gasteiger charge is 2.23. The van der Waals surface area contributed by atoms with Crippen LogP contribution in [-0.4, -0.2) is 29.5 Å². The minimum absolute atomic E-state index is 0.101. The normalized spacial score (nSPS) is 21.6. The van der Waals surface area contributed by atoms with Crippen LogP contribution in [0.25, 0.3) is 0 Å². The molecule has 2 rings (SSSR count). The Morgan fingerprint density at radius 3 is 2.86 bits per heavy atom.